The third-order valence-corrected chi connectivity index (χ3v) is 2.56. The van der Waals surface area contributed by atoms with Crippen molar-refractivity contribution in [3.63, 3.8) is 0 Å². The number of rotatable bonds is 4. The van der Waals surface area contributed by atoms with Gasteiger partial charge in [0.25, 0.3) is 0 Å². The van der Waals surface area contributed by atoms with E-state index >= 15 is 0 Å². The number of aryl methyl sites for hydroxylation is 1. The summed E-state index contributed by atoms with van der Waals surface area (Å²) >= 11 is 0. The first-order chi connectivity index (χ1) is 9.02. The first-order valence-electron chi connectivity index (χ1n) is 5.72. The third-order valence-electron chi connectivity index (χ3n) is 2.56. The SMILES string of the molecule is CCOc1ccc(-c2nn(C)cc2C(=O)O)cc1F. The van der Waals surface area contributed by atoms with Gasteiger partial charge < -0.3 is 9.84 Å². The summed E-state index contributed by atoms with van der Waals surface area (Å²) in [6.45, 7) is 2.12. The van der Waals surface area contributed by atoms with Crippen LogP contribution in [0.3, 0.4) is 0 Å². The molecular formula is C13H13FN2O3. The predicted octanol–water partition coefficient (Wildman–Crippen LogP) is 2.32. The van der Waals surface area contributed by atoms with Gasteiger partial charge in [0.1, 0.15) is 11.3 Å². The van der Waals surface area contributed by atoms with E-state index in [1.807, 2.05) is 0 Å². The Morgan fingerprint density at radius 3 is 2.84 bits per heavy atom. The molecule has 0 saturated heterocycles. The van der Waals surface area contributed by atoms with E-state index in [1.54, 1.807) is 20.0 Å². The fraction of sp³-hybridized carbons (Fsp3) is 0.231. The largest absolute Gasteiger partial charge is 0.491 e. The van der Waals surface area contributed by atoms with Gasteiger partial charge in [-0.3, -0.25) is 4.68 Å². The molecule has 2 rings (SSSR count). The maximum absolute atomic E-state index is 13.8. The van der Waals surface area contributed by atoms with Crippen molar-refractivity contribution in [2.24, 2.45) is 7.05 Å². The quantitative estimate of drug-likeness (QED) is 0.920. The standard InChI is InChI=1S/C13H13FN2O3/c1-3-19-11-5-4-8(6-10(11)14)12-9(13(17)18)7-16(2)15-12/h4-7H,3H2,1-2H3,(H,17,18). The van der Waals surface area contributed by atoms with Crippen LogP contribution in [0, 0.1) is 5.82 Å². The van der Waals surface area contributed by atoms with E-state index in [9.17, 15) is 9.18 Å². The number of hydrogen-bond acceptors (Lipinski definition) is 3. The van der Waals surface area contributed by atoms with Gasteiger partial charge >= 0.3 is 5.97 Å². The summed E-state index contributed by atoms with van der Waals surface area (Å²) in [5.41, 5.74) is 0.668. The summed E-state index contributed by atoms with van der Waals surface area (Å²) in [6, 6.07) is 4.27. The lowest BCUT2D eigenvalue weighted by Crippen LogP contribution is -1.98. The molecule has 1 aromatic heterocycles. The molecule has 1 N–H and O–H groups in total. The van der Waals surface area contributed by atoms with Gasteiger partial charge in [0.05, 0.1) is 6.61 Å². The molecular weight excluding hydrogens is 251 g/mol. The highest BCUT2D eigenvalue weighted by molar-refractivity contribution is 5.94. The van der Waals surface area contributed by atoms with Crippen LogP contribution in [0.4, 0.5) is 4.39 Å². The second-order valence-corrected chi connectivity index (χ2v) is 3.95. The zero-order chi connectivity index (χ0) is 14.0. The first kappa shape index (κ1) is 13.1. The molecule has 0 aliphatic rings. The second-order valence-electron chi connectivity index (χ2n) is 3.95. The highest BCUT2D eigenvalue weighted by Crippen LogP contribution is 2.27. The number of hydrogen-bond donors (Lipinski definition) is 1. The summed E-state index contributed by atoms with van der Waals surface area (Å²) in [6.07, 6.45) is 1.38. The Morgan fingerprint density at radius 2 is 2.26 bits per heavy atom. The number of nitrogens with zero attached hydrogens (tertiary/aromatic N) is 2. The van der Waals surface area contributed by atoms with Gasteiger partial charge in [0, 0.05) is 18.8 Å². The second kappa shape index (κ2) is 5.09. The molecule has 0 spiro atoms. The van der Waals surface area contributed by atoms with Crippen LogP contribution in [-0.2, 0) is 7.05 Å². The number of carboxylic acids is 1. The molecule has 100 valence electrons. The Morgan fingerprint density at radius 1 is 1.53 bits per heavy atom. The molecule has 5 nitrogen and oxygen atoms in total. The number of ether oxygens (including phenoxy) is 1. The van der Waals surface area contributed by atoms with E-state index in [0.717, 1.165) is 0 Å². The first-order valence-corrected chi connectivity index (χ1v) is 5.72. The summed E-state index contributed by atoms with van der Waals surface area (Å²) in [7, 11) is 1.61. The Kier molecular flexibility index (Phi) is 3.50. The zero-order valence-electron chi connectivity index (χ0n) is 10.6. The molecule has 0 atom stereocenters. The monoisotopic (exact) mass is 264 g/mol. The Bertz CT molecular complexity index is 622. The normalized spacial score (nSPS) is 10.5. The summed E-state index contributed by atoms with van der Waals surface area (Å²) in [5.74, 6) is -1.50. The average Bonchev–Trinajstić information content (AvgIpc) is 2.74. The fourth-order valence-electron chi connectivity index (χ4n) is 1.78. The summed E-state index contributed by atoms with van der Waals surface area (Å²) < 4.78 is 20.2. The molecule has 0 amide bonds. The van der Waals surface area contributed by atoms with Crippen LogP contribution >= 0.6 is 0 Å². The molecule has 0 unspecified atom stereocenters. The van der Waals surface area contributed by atoms with E-state index in [4.69, 9.17) is 9.84 Å². The maximum Gasteiger partial charge on any atom is 0.339 e. The van der Waals surface area contributed by atoms with E-state index < -0.39 is 11.8 Å². The Labute approximate surface area is 109 Å². The molecule has 1 aromatic carbocycles. The summed E-state index contributed by atoms with van der Waals surface area (Å²) in [4.78, 5) is 11.1. The number of benzene rings is 1. The molecule has 0 saturated carbocycles. The minimum Gasteiger partial charge on any atom is -0.491 e. The van der Waals surface area contributed by atoms with Crippen molar-refractivity contribution in [3.05, 3.63) is 35.8 Å². The molecule has 0 fully saturated rings. The summed E-state index contributed by atoms with van der Waals surface area (Å²) in [5, 5.41) is 13.1. The fourth-order valence-corrected chi connectivity index (χ4v) is 1.78. The van der Waals surface area contributed by atoms with Crippen LogP contribution in [0.5, 0.6) is 5.75 Å². The zero-order valence-corrected chi connectivity index (χ0v) is 10.6. The number of carboxylic acid groups (broad SMARTS) is 1. The van der Waals surface area contributed by atoms with Crippen molar-refractivity contribution in [2.45, 2.75) is 6.92 Å². The van der Waals surface area contributed by atoms with Crippen molar-refractivity contribution in [2.75, 3.05) is 6.61 Å². The number of aromatic carboxylic acids is 1. The van der Waals surface area contributed by atoms with Crippen LogP contribution in [-0.4, -0.2) is 27.5 Å². The van der Waals surface area contributed by atoms with E-state index in [2.05, 4.69) is 5.10 Å². The van der Waals surface area contributed by atoms with E-state index in [1.165, 1.54) is 23.0 Å². The smallest absolute Gasteiger partial charge is 0.339 e. The minimum absolute atomic E-state index is 0.0334. The van der Waals surface area contributed by atoms with E-state index in [-0.39, 0.29) is 17.0 Å². The molecule has 0 radical (unpaired) electrons. The number of halogens is 1. The highest BCUT2D eigenvalue weighted by Gasteiger charge is 2.17. The van der Waals surface area contributed by atoms with E-state index in [0.29, 0.717) is 12.2 Å². The highest BCUT2D eigenvalue weighted by atomic mass is 19.1. The van der Waals surface area contributed by atoms with Crippen molar-refractivity contribution < 1.29 is 19.0 Å². The van der Waals surface area contributed by atoms with Crippen LogP contribution in [0.1, 0.15) is 17.3 Å². The molecule has 6 heteroatoms. The van der Waals surface area contributed by atoms with Crippen LogP contribution in [0.2, 0.25) is 0 Å². The molecule has 19 heavy (non-hydrogen) atoms. The topological polar surface area (TPSA) is 64.4 Å². The van der Waals surface area contributed by atoms with Crippen LogP contribution < -0.4 is 4.74 Å². The minimum atomic E-state index is -1.10. The Hall–Kier alpha value is -2.37. The molecule has 2 aromatic rings. The molecule has 0 aliphatic heterocycles. The third kappa shape index (κ3) is 2.57. The lowest BCUT2D eigenvalue weighted by atomic mass is 10.1. The molecule has 0 bridgehead atoms. The number of carbonyl (C=O) groups is 1. The van der Waals surface area contributed by atoms with Crippen molar-refractivity contribution in [1.29, 1.82) is 0 Å². The van der Waals surface area contributed by atoms with Crippen molar-refractivity contribution >= 4 is 5.97 Å². The van der Waals surface area contributed by atoms with Gasteiger partial charge in [-0.25, -0.2) is 9.18 Å². The van der Waals surface area contributed by atoms with Crippen LogP contribution in [0.15, 0.2) is 24.4 Å². The van der Waals surface area contributed by atoms with Gasteiger partial charge in [0.2, 0.25) is 0 Å². The molecule has 0 aliphatic carbocycles. The van der Waals surface area contributed by atoms with Crippen molar-refractivity contribution in [3.8, 4) is 17.0 Å². The van der Waals surface area contributed by atoms with Gasteiger partial charge in [-0.1, -0.05) is 0 Å². The van der Waals surface area contributed by atoms with Gasteiger partial charge in [-0.2, -0.15) is 5.10 Å². The van der Waals surface area contributed by atoms with Crippen LogP contribution in [0.25, 0.3) is 11.3 Å². The predicted molar refractivity (Wildman–Crippen MR) is 66.7 cm³/mol. The molecule has 1 heterocycles. The van der Waals surface area contributed by atoms with Gasteiger partial charge in [-0.15, -0.1) is 0 Å². The van der Waals surface area contributed by atoms with Gasteiger partial charge in [0.15, 0.2) is 11.6 Å². The van der Waals surface area contributed by atoms with Gasteiger partial charge in [-0.05, 0) is 25.1 Å². The number of aromatic nitrogens is 2. The lowest BCUT2D eigenvalue weighted by molar-refractivity contribution is 0.0697. The average molecular weight is 264 g/mol. The lowest BCUT2D eigenvalue weighted by Gasteiger charge is -2.06. The Balaban J connectivity index is 2.48. The van der Waals surface area contributed by atoms with Crippen molar-refractivity contribution in [1.82, 2.24) is 9.78 Å². The maximum atomic E-state index is 13.8.